The fraction of sp³-hybridized carbons (Fsp3) is 1.00. The molecule has 1 aliphatic rings. The maximum absolute atomic E-state index is 12.5. The van der Waals surface area contributed by atoms with E-state index in [2.05, 4.69) is 4.74 Å². The van der Waals surface area contributed by atoms with Crippen molar-refractivity contribution in [2.45, 2.75) is 30.8 Å². The summed E-state index contributed by atoms with van der Waals surface area (Å²) in [6.07, 6.45) is -9.24. The molecule has 5 atom stereocenters. The molecule has 1 aliphatic heterocycles. The van der Waals surface area contributed by atoms with Crippen LogP contribution < -0.4 is 0 Å². The molecule has 0 aliphatic carbocycles. The molecule has 1 rings (SSSR count). The van der Waals surface area contributed by atoms with E-state index >= 15 is 0 Å². The molecular formula is C6H10F2O4. The van der Waals surface area contributed by atoms with Gasteiger partial charge in [0, 0.05) is 0 Å². The van der Waals surface area contributed by atoms with Gasteiger partial charge in [0.15, 0.2) is 6.17 Å². The Morgan fingerprint density at radius 1 is 1.17 bits per heavy atom. The first-order valence-corrected chi connectivity index (χ1v) is 3.48. The molecular weight excluding hydrogens is 174 g/mol. The Balaban J connectivity index is 2.63. The Bertz CT molecular complexity index is 152. The van der Waals surface area contributed by atoms with Gasteiger partial charge in [-0.05, 0) is 0 Å². The third kappa shape index (κ3) is 1.56. The van der Waals surface area contributed by atoms with E-state index in [0.717, 1.165) is 0 Å². The Kier molecular flexibility index (Phi) is 2.94. The van der Waals surface area contributed by atoms with Gasteiger partial charge >= 0.3 is 0 Å². The zero-order valence-electron chi connectivity index (χ0n) is 6.10. The molecule has 0 aromatic rings. The van der Waals surface area contributed by atoms with Crippen molar-refractivity contribution in [1.82, 2.24) is 0 Å². The second-order valence-electron chi connectivity index (χ2n) is 2.63. The maximum atomic E-state index is 12.5. The SMILES string of the molecule is OC[C@H]1O[C@@H](F)[C@H](F)[C@@H](O)[C@@H]1O. The van der Waals surface area contributed by atoms with E-state index in [-0.39, 0.29) is 0 Å². The normalized spacial score (nSPS) is 49.2. The van der Waals surface area contributed by atoms with Crippen LogP contribution in [-0.2, 0) is 4.74 Å². The number of alkyl halides is 2. The Labute approximate surface area is 67.4 Å². The van der Waals surface area contributed by atoms with Crippen LogP contribution in [0.1, 0.15) is 0 Å². The van der Waals surface area contributed by atoms with Gasteiger partial charge in [0.05, 0.1) is 6.61 Å². The number of rotatable bonds is 1. The summed E-state index contributed by atoms with van der Waals surface area (Å²) in [4.78, 5) is 0. The molecule has 4 nitrogen and oxygen atoms in total. The van der Waals surface area contributed by atoms with E-state index in [4.69, 9.17) is 15.3 Å². The van der Waals surface area contributed by atoms with Crippen LogP contribution in [0.4, 0.5) is 8.78 Å². The Morgan fingerprint density at radius 2 is 1.75 bits per heavy atom. The minimum Gasteiger partial charge on any atom is -0.394 e. The first-order valence-electron chi connectivity index (χ1n) is 3.48. The number of ether oxygens (including phenoxy) is 1. The number of aliphatic hydroxyl groups is 3. The van der Waals surface area contributed by atoms with E-state index in [9.17, 15) is 8.78 Å². The zero-order valence-corrected chi connectivity index (χ0v) is 6.10. The molecule has 3 N–H and O–H groups in total. The van der Waals surface area contributed by atoms with Crippen LogP contribution in [0.15, 0.2) is 0 Å². The topological polar surface area (TPSA) is 69.9 Å². The van der Waals surface area contributed by atoms with Crippen LogP contribution in [0.2, 0.25) is 0 Å². The van der Waals surface area contributed by atoms with Crippen LogP contribution in [-0.4, -0.2) is 52.8 Å². The summed E-state index contributed by atoms with van der Waals surface area (Å²) in [7, 11) is 0. The molecule has 0 saturated carbocycles. The van der Waals surface area contributed by atoms with Crippen LogP contribution in [0.25, 0.3) is 0 Å². The van der Waals surface area contributed by atoms with Gasteiger partial charge < -0.3 is 20.1 Å². The van der Waals surface area contributed by atoms with Crippen molar-refractivity contribution in [1.29, 1.82) is 0 Å². The lowest BCUT2D eigenvalue weighted by atomic mass is 10.0. The first kappa shape index (κ1) is 9.79. The van der Waals surface area contributed by atoms with Crippen molar-refractivity contribution in [2.75, 3.05) is 6.61 Å². The lowest BCUT2D eigenvalue weighted by molar-refractivity contribution is -0.246. The summed E-state index contributed by atoms with van der Waals surface area (Å²) in [5, 5.41) is 26.3. The average molecular weight is 184 g/mol. The molecule has 0 aromatic heterocycles. The van der Waals surface area contributed by atoms with Crippen LogP contribution in [0.5, 0.6) is 0 Å². The van der Waals surface area contributed by atoms with Gasteiger partial charge in [-0.25, -0.2) is 8.78 Å². The predicted octanol–water partition coefficient (Wildman–Crippen LogP) is -1.27. The molecule has 0 spiro atoms. The largest absolute Gasteiger partial charge is 0.394 e. The summed E-state index contributed by atoms with van der Waals surface area (Å²) < 4.78 is 29.2. The molecule has 0 amide bonds. The van der Waals surface area contributed by atoms with Crippen molar-refractivity contribution in [3.63, 3.8) is 0 Å². The minimum atomic E-state index is -2.29. The summed E-state index contributed by atoms with van der Waals surface area (Å²) in [6.45, 7) is -0.661. The lowest BCUT2D eigenvalue weighted by Gasteiger charge is -2.35. The van der Waals surface area contributed by atoms with E-state index < -0.39 is 37.4 Å². The Hall–Kier alpha value is -0.300. The highest BCUT2D eigenvalue weighted by Gasteiger charge is 2.44. The fourth-order valence-electron chi connectivity index (χ4n) is 1.04. The maximum Gasteiger partial charge on any atom is 0.233 e. The Morgan fingerprint density at radius 3 is 2.25 bits per heavy atom. The molecule has 72 valence electrons. The number of aliphatic hydroxyl groups excluding tert-OH is 3. The smallest absolute Gasteiger partial charge is 0.233 e. The molecule has 6 heteroatoms. The van der Waals surface area contributed by atoms with Crippen molar-refractivity contribution in [3.8, 4) is 0 Å². The minimum absolute atomic E-state index is 0.661. The van der Waals surface area contributed by atoms with E-state index in [1.165, 1.54) is 0 Å². The van der Waals surface area contributed by atoms with Gasteiger partial charge in [-0.2, -0.15) is 0 Å². The summed E-state index contributed by atoms with van der Waals surface area (Å²) in [5.74, 6) is 0. The van der Waals surface area contributed by atoms with Crippen LogP contribution >= 0.6 is 0 Å². The highest BCUT2D eigenvalue weighted by molar-refractivity contribution is 4.88. The van der Waals surface area contributed by atoms with Gasteiger partial charge in [-0.1, -0.05) is 0 Å². The van der Waals surface area contributed by atoms with Crippen molar-refractivity contribution in [2.24, 2.45) is 0 Å². The monoisotopic (exact) mass is 184 g/mol. The third-order valence-corrected chi connectivity index (χ3v) is 1.79. The zero-order chi connectivity index (χ0) is 9.30. The molecule has 0 unspecified atom stereocenters. The highest BCUT2D eigenvalue weighted by atomic mass is 19.2. The number of hydrogen-bond donors (Lipinski definition) is 3. The van der Waals surface area contributed by atoms with Gasteiger partial charge in [-0.15, -0.1) is 0 Å². The molecule has 12 heavy (non-hydrogen) atoms. The number of halogens is 2. The molecule has 1 heterocycles. The standard InChI is InChI=1S/C6H10F2O4/c7-3-5(11)4(10)2(1-9)12-6(3)8/h2-6,9-11H,1H2/t2-,3-,4-,5-,6-/m1/s1. The second-order valence-corrected chi connectivity index (χ2v) is 2.63. The van der Waals surface area contributed by atoms with Crippen molar-refractivity contribution < 1.29 is 28.8 Å². The van der Waals surface area contributed by atoms with Gasteiger partial charge in [0.2, 0.25) is 6.36 Å². The number of hydrogen-bond acceptors (Lipinski definition) is 4. The molecule has 0 aromatic carbocycles. The summed E-state index contributed by atoms with van der Waals surface area (Å²) in [5.41, 5.74) is 0. The molecule has 0 bridgehead atoms. The lowest BCUT2D eigenvalue weighted by Crippen LogP contribution is -2.55. The highest BCUT2D eigenvalue weighted by Crippen LogP contribution is 2.23. The van der Waals surface area contributed by atoms with Crippen LogP contribution in [0.3, 0.4) is 0 Å². The van der Waals surface area contributed by atoms with Gasteiger partial charge in [0.25, 0.3) is 0 Å². The fourth-order valence-corrected chi connectivity index (χ4v) is 1.04. The van der Waals surface area contributed by atoms with E-state index in [1.807, 2.05) is 0 Å². The van der Waals surface area contributed by atoms with Crippen LogP contribution in [0, 0.1) is 0 Å². The molecule has 1 fully saturated rings. The quantitative estimate of drug-likeness (QED) is 0.475. The van der Waals surface area contributed by atoms with Gasteiger partial charge in [-0.3, -0.25) is 0 Å². The van der Waals surface area contributed by atoms with Crippen molar-refractivity contribution >= 4 is 0 Å². The van der Waals surface area contributed by atoms with E-state index in [1.54, 1.807) is 0 Å². The average Bonchev–Trinajstić information content (AvgIpc) is 2.08. The molecule has 0 radical (unpaired) electrons. The second kappa shape index (κ2) is 3.61. The van der Waals surface area contributed by atoms with E-state index in [0.29, 0.717) is 0 Å². The van der Waals surface area contributed by atoms with Gasteiger partial charge in [0.1, 0.15) is 18.3 Å². The third-order valence-electron chi connectivity index (χ3n) is 1.79. The summed E-state index contributed by atoms with van der Waals surface area (Å²) in [6, 6.07) is 0. The van der Waals surface area contributed by atoms with Crippen molar-refractivity contribution in [3.05, 3.63) is 0 Å². The molecule has 1 saturated heterocycles. The predicted molar refractivity (Wildman–Crippen MR) is 33.8 cm³/mol. The first-order chi connectivity index (χ1) is 5.57. The summed E-state index contributed by atoms with van der Waals surface area (Å²) >= 11 is 0.